The van der Waals surface area contributed by atoms with Crippen LogP contribution in [0, 0.1) is 5.41 Å². The molecule has 6 heteroatoms. The Morgan fingerprint density at radius 1 is 1.13 bits per heavy atom. The number of rotatable bonds is 4. The summed E-state index contributed by atoms with van der Waals surface area (Å²) in [7, 11) is 1.68. The third kappa shape index (κ3) is 3.82. The highest BCUT2D eigenvalue weighted by Gasteiger charge is 2.48. The van der Waals surface area contributed by atoms with Crippen LogP contribution in [0.1, 0.15) is 36.6 Å². The molecule has 0 aliphatic carbocycles. The van der Waals surface area contributed by atoms with Gasteiger partial charge in [-0.15, -0.1) is 0 Å². The van der Waals surface area contributed by atoms with Gasteiger partial charge in [-0.1, -0.05) is 30.3 Å². The minimum absolute atomic E-state index is 0.0870. The Hall–Kier alpha value is -2.83. The number of nitrogens with zero attached hydrogens (tertiary/aromatic N) is 1. The fourth-order valence-corrected chi connectivity index (χ4v) is 5.16. The van der Waals surface area contributed by atoms with E-state index in [9.17, 15) is 9.90 Å². The smallest absolute Gasteiger partial charge is 0.226 e. The Bertz CT molecular complexity index is 1070. The maximum Gasteiger partial charge on any atom is 0.226 e. The Morgan fingerprint density at radius 3 is 2.65 bits per heavy atom. The minimum atomic E-state index is -0.560. The molecule has 0 radical (unpaired) electrons. The third-order valence-electron chi connectivity index (χ3n) is 7.00. The topological polar surface area (TPSA) is 77.6 Å². The average molecular weight is 420 g/mol. The zero-order valence-electron chi connectivity index (χ0n) is 17.8. The second-order valence-electron chi connectivity index (χ2n) is 8.94. The first-order valence-corrected chi connectivity index (χ1v) is 11.0. The molecular weight excluding hydrogens is 390 g/mol. The van der Waals surface area contributed by atoms with Crippen molar-refractivity contribution in [2.24, 2.45) is 5.41 Å². The maximum atomic E-state index is 13.1. The summed E-state index contributed by atoms with van der Waals surface area (Å²) in [5, 5.41) is 15.1. The monoisotopic (exact) mass is 419 g/mol. The molecule has 31 heavy (non-hydrogen) atoms. The molecule has 1 amide bonds. The number of ether oxygens (including phenoxy) is 1. The number of amides is 1. The van der Waals surface area contributed by atoms with Crippen LogP contribution in [-0.2, 0) is 11.3 Å². The number of fused-ring (bicyclic) bond motifs is 1. The van der Waals surface area contributed by atoms with E-state index in [1.165, 1.54) is 0 Å². The van der Waals surface area contributed by atoms with Crippen molar-refractivity contribution in [2.45, 2.75) is 38.0 Å². The second kappa shape index (κ2) is 8.02. The average Bonchev–Trinajstić information content (AvgIpc) is 3.20. The number of methoxy groups -OCH3 is 1. The van der Waals surface area contributed by atoms with Crippen LogP contribution in [0.15, 0.2) is 54.6 Å². The zero-order valence-corrected chi connectivity index (χ0v) is 17.8. The number of hydrogen-bond acceptors (Lipinski definition) is 4. The molecule has 1 spiro atoms. The van der Waals surface area contributed by atoms with Gasteiger partial charge in [-0.05, 0) is 62.2 Å². The Balaban J connectivity index is 1.23. The van der Waals surface area contributed by atoms with E-state index in [0.29, 0.717) is 6.42 Å². The van der Waals surface area contributed by atoms with Gasteiger partial charge in [-0.2, -0.15) is 0 Å². The van der Waals surface area contributed by atoms with Gasteiger partial charge < -0.3 is 20.1 Å². The van der Waals surface area contributed by atoms with Gasteiger partial charge in [0.1, 0.15) is 5.75 Å². The lowest BCUT2D eigenvalue weighted by molar-refractivity contribution is -0.144. The molecule has 5 rings (SSSR count). The number of H-pyrrole nitrogens is 1. The summed E-state index contributed by atoms with van der Waals surface area (Å²) in [6.07, 6.45) is 1.50. The van der Waals surface area contributed by atoms with Crippen molar-refractivity contribution in [1.29, 1.82) is 0 Å². The Morgan fingerprint density at radius 2 is 1.90 bits per heavy atom. The van der Waals surface area contributed by atoms with E-state index in [0.717, 1.165) is 60.4 Å². The molecule has 0 saturated carbocycles. The number of benzene rings is 2. The summed E-state index contributed by atoms with van der Waals surface area (Å²) in [6, 6.07) is 17.6. The molecule has 0 unspecified atom stereocenters. The number of likely N-dealkylation sites (tertiary alicyclic amines) is 1. The first kappa shape index (κ1) is 20.1. The van der Waals surface area contributed by atoms with Gasteiger partial charge in [0.15, 0.2) is 0 Å². The van der Waals surface area contributed by atoms with Crippen LogP contribution in [0.3, 0.4) is 0 Å². The van der Waals surface area contributed by atoms with E-state index in [4.69, 9.17) is 4.74 Å². The quantitative estimate of drug-likeness (QED) is 0.606. The number of carbonyl (C=O) groups is 1. The lowest BCUT2D eigenvalue weighted by Gasteiger charge is -2.46. The Kier molecular flexibility index (Phi) is 5.20. The molecule has 0 bridgehead atoms. The number of aliphatic hydroxyl groups excluding tert-OH is 1. The van der Waals surface area contributed by atoms with Crippen LogP contribution >= 0.6 is 0 Å². The molecule has 6 nitrogen and oxygen atoms in total. The van der Waals surface area contributed by atoms with Crippen molar-refractivity contribution < 1.29 is 14.6 Å². The first-order chi connectivity index (χ1) is 15.1. The first-order valence-electron chi connectivity index (χ1n) is 11.0. The van der Waals surface area contributed by atoms with Crippen molar-refractivity contribution in [3.63, 3.8) is 0 Å². The number of carbonyl (C=O) groups excluding carboxylic acids is 1. The summed E-state index contributed by atoms with van der Waals surface area (Å²) in [6.45, 7) is 2.51. The van der Waals surface area contributed by atoms with Gasteiger partial charge in [-0.25, -0.2) is 0 Å². The number of hydrogen-bond donors (Lipinski definition) is 3. The summed E-state index contributed by atoms with van der Waals surface area (Å²) >= 11 is 0. The second-order valence-corrected chi connectivity index (χ2v) is 8.94. The van der Waals surface area contributed by atoms with Gasteiger partial charge in [0.05, 0.1) is 24.7 Å². The molecule has 2 atom stereocenters. The van der Waals surface area contributed by atoms with Crippen LogP contribution in [-0.4, -0.2) is 47.2 Å². The van der Waals surface area contributed by atoms with Crippen molar-refractivity contribution in [3.8, 4) is 5.75 Å². The van der Waals surface area contributed by atoms with E-state index in [1.807, 2.05) is 48.5 Å². The van der Waals surface area contributed by atoms with Crippen LogP contribution in [0.5, 0.6) is 5.75 Å². The predicted molar refractivity (Wildman–Crippen MR) is 120 cm³/mol. The lowest BCUT2D eigenvalue weighted by atomic mass is 9.69. The van der Waals surface area contributed by atoms with Crippen molar-refractivity contribution in [3.05, 3.63) is 65.9 Å². The van der Waals surface area contributed by atoms with Crippen molar-refractivity contribution in [1.82, 2.24) is 15.2 Å². The van der Waals surface area contributed by atoms with Gasteiger partial charge in [0.2, 0.25) is 5.91 Å². The minimum Gasteiger partial charge on any atom is -0.497 e. The third-order valence-corrected chi connectivity index (χ3v) is 7.00. The number of aromatic amines is 1. The van der Waals surface area contributed by atoms with E-state index < -0.39 is 11.5 Å². The standard InChI is InChI=1S/C25H29N3O3/c1-31-20-7-8-21-18(14-20)13-19(26-21)16-28-11-9-25(10-12-28)15-22(29)23(27-24(25)30)17-5-3-2-4-6-17/h2-8,13-14,22-23,26,29H,9-12,15-16H2,1H3,(H,27,30)/t22-,23+/m1/s1. The van der Waals surface area contributed by atoms with E-state index >= 15 is 0 Å². The van der Waals surface area contributed by atoms with Gasteiger partial charge in [0, 0.05) is 23.1 Å². The molecule has 2 aromatic carbocycles. The van der Waals surface area contributed by atoms with Gasteiger partial charge >= 0.3 is 0 Å². The van der Waals surface area contributed by atoms with E-state index in [-0.39, 0.29) is 11.9 Å². The largest absolute Gasteiger partial charge is 0.497 e. The van der Waals surface area contributed by atoms with Crippen LogP contribution in [0.2, 0.25) is 0 Å². The molecule has 162 valence electrons. The Labute approximate surface area is 182 Å². The molecule has 1 aromatic heterocycles. The molecule has 2 aliphatic heterocycles. The van der Waals surface area contributed by atoms with Crippen LogP contribution in [0.4, 0.5) is 0 Å². The summed E-state index contributed by atoms with van der Waals surface area (Å²) in [4.78, 5) is 19.0. The van der Waals surface area contributed by atoms with Gasteiger partial charge in [0.25, 0.3) is 0 Å². The molecule has 2 fully saturated rings. The van der Waals surface area contributed by atoms with Crippen molar-refractivity contribution in [2.75, 3.05) is 20.2 Å². The molecule has 3 heterocycles. The van der Waals surface area contributed by atoms with Gasteiger partial charge in [-0.3, -0.25) is 9.69 Å². The number of aliphatic hydroxyl groups is 1. The fraction of sp³-hybridized carbons (Fsp3) is 0.400. The normalized spacial score (nSPS) is 23.7. The van der Waals surface area contributed by atoms with Crippen LogP contribution < -0.4 is 10.1 Å². The summed E-state index contributed by atoms with van der Waals surface area (Å²) < 4.78 is 5.32. The maximum absolute atomic E-state index is 13.1. The molecule has 3 N–H and O–H groups in total. The molecule has 2 saturated heterocycles. The summed E-state index contributed by atoms with van der Waals surface area (Å²) in [5.74, 6) is 0.942. The lowest BCUT2D eigenvalue weighted by Crippen LogP contribution is -2.56. The predicted octanol–water partition coefficient (Wildman–Crippen LogP) is 3.38. The molecule has 2 aliphatic rings. The van der Waals surface area contributed by atoms with Crippen molar-refractivity contribution >= 4 is 16.8 Å². The van der Waals surface area contributed by atoms with E-state index in [1.54, 1.807) is 7.11 Å². The number of nitrogens with one attached hydrogen (secondary N) is 2. The highest BCUT2D eigenvalue weighted by Crippen LogP contribution is 2.42. The highest BCUT2D eigenvalue weighted by molar-refractivity contribution is 5.84. The fourth-order valence-electron chi connectivity index (χ4n) is 5.16. The number of piperidine rings is 2. The molecular formula is C25H29N3O3. The highest BCUT2D eigenvalue weighted by atomic mass is 16.5. The van der Waals surface area contributed by atoms with E-state index in [2.05, 4.69) is 21.3 Å². The SMILES string of the molecule is COc1ccc2[nH]c(CN3CCC4(CC3)C[C@@H](O)[C@H](c3ccccc3)NC4=O)cc2c1. The van der Waals surface area contributed by atoms with Crippen LogP contribution in [0.25, 0.3) is 10.9 Å². The number of aromatic nitrogens is 1. The summed E-state index contributed by atoms with van der Waals surface area (Å²) in [5.41, 5.74) is 2.77. The zero-order chi connectivity index (χ0) is 21.4. The molecule has 3 aromatic rings.